The van der Waals surface area contributed by atoms with E-state index in [1.54, 1.807) is 0 Å². The first kappa shape index (κ1) is 16.5. The highest BCUT2D eigenvalue weighted by molar-refractivity contribution is 5.12. The van der Waals surface area contributed by atoms with Crippen LogP contribution in [0.15, 0.2) is 11.6 Å². The third kappa shape index (κ3) is 5.95. The average molecular weight is 278 g/mol. The van der Waals surface area contributed by atoms with Crippen molar-refractivity contribution in [1.82, 2.24) is 4.90 Å². The second-order valence-corrected chi connectivity index (χ2v) is 6.08. The van der Waals surface area contributed by atoms with E-state index in [0.717, 1.165) is 25.8 Å². The fourth-order valence-electron chi connectivity index (χ4n) is 2.47. The molecule has 1 rings (SSSR count). The van der Waals surface area contributed by atoms with Crippen LogP contribution < -0.4 is 5.73 Å². The number of rotatable bonds is 6. The van der Waals surface area contributed by atoms with Gasteiger partial charge in [-0.05, 0) is 44.2 Å². The number of nitrogens with zero attached hydrogens (tertiary/aromatic N) is 1. The van der Waals surface area contributed by atoms with Crippen LogP contribution in [-0.4, -0.2) is 37.3 Å². The van der Waals surface area contributed by atoms with Gasteiger partial charge in [-0.25, -0.2) is 0 Å². The first-order valence-corrected chi connectivity index (χ1v) is 6.93. The number of halogens is 3. The molecule has 0 aromatic rings. The van der Waals surface area contributed by atoms with Crippen molar-refractivity contribution in [3.63, 3.8) is 0 Å². The lowest BCUT2D eigenvalue weighted by molar-refractivity contribution is -0.0960. The first-order chi connectivity index (χ1) is 8.74. The first-order valence-electron chi connectivity index (χ1n) is 6.93. The van der Waals surface area contributed by atoms with Gasteiger partial charge in [0.1, 0.15) is 0 Å². The summed E-state index contributed by atoms with van der Waals surface area (Å²) < 4.78 is 37.4. The van der Waals surface area contributed by atoms with Crippen LogP contribution in [0.2, 0.25) is 0 Å². The van der Waals surface area contributed by atoms with Crippen LogP contribution in [0.5, 0.6) is 0 Å². The van der Waals surface area contributed by atoms with E-state index in [9.17, 15) is 13.2 Å². The van der Waals surface area contributed by atoms with E-state index < -0.39 is 6.18 Å². The average Bonchev–Trinajstić information content (AvgIpc) is 2.28. The highest BCUT2D eigenvalue weighted by Crippen LogP contribution is 2.30. The largest absolute Gasteiger partial charge is 0.412 e. The summed E-state index contributed by atoms with van der Waals surface area (Å²) in [6, 6.07) is 0. The van der Waals surface area contributed by atoms with Crippen molar-refractivity contribution in [2.75, 3.05) is 26.2 Å². The lowest BCUT2D eigenvalue weighted by atomic mass is 9.84. The van der Waals surface area contributed by atoms with E-state index >= 15 is 0 Å². The van der Waals surface area contributed by atoms with Crippen molar-refractivity contribution in [3.8, 4) is 0 Å². The fraction of sp³-hybridized carbons (Fsp3) is 0.857. The Bertz CT molecular complexity index is 308. The maximum absolute atomic E-state index is 12.5. The Morgan fingerprint density at radius 2 is 1.95 bits per heavy atom. The number of nitrogens with two attached hydrogens (primary N) is 1. The number of hydrogen-bond donors (Lipinski definition) is 1. The lowest BCUT2D eigenvalue weighted by Gasteiger charge is -2.29. The molecule has 0 aromatic heterocycles. The molecule has 112 valence electrons. The molecule has 0 radical (unpaired) electrons. The molecule has 0 spiro atoms. The van der Waals surface area contributed by atoms with Gasteiger partial charge < -0.3 is 5.73 Å². The van der Waals surface area contributed by atoms with Gasteiger partial charge >= 0.3 is 6.18 Å². The highest BCUT2D eigenvalue weighted by Gasteiger charge is 2.34. The second-order valence-electron chi connectivity index (χ2n) is 6.08. The molecule has 2 nitrogen and oxygen atoms in total. The smallest absolute Gasteiger partial charge is 0.330 e. The minimum atomic E-state index is -4.14. The maximum Gasteiger partial charge on any atom is 0.412 e. The maximum atomic E-state index is 12.5. The fourth-order valence-corrected chi connectivity index (χ4v) is 2.47. The molecule has 0 atom stereocenters. The summed E-state index contributed by atoms with van der Waals surface area (Å²) in [6.07, 6.45) is 0.378. The molecule has 19 heavy (non-hydrogen) atoms. The number of hydrogen-bond acceptors (Lipinski definition) is 2. The van der Waals surface area contributed by atoms with E-state index in [0.29, 0.717) is 19.6 Å². The van der Waals surface area contributed by atoms with Gasteiger partial charge in [0, 0.05) is 18.7 Å². The molecule has 1 aliphatic rings. The molecule has 0 bridgehead atoms. The Kier molecular flexibility index (Phi) is 5.86. The van der Waals surface area contributed by atoms with E-state index in [2.05, 4.69) is 18.7 Å². The standard InChI is InChI=1S/C14H25F3N2/c1-13(2,7-8-18)6-3-9-19-10-4-12(5-11-19)14(15,16)17/h4H,3,5-11,18H2,1-2H3. The zero-order chi connectivity index (χ0) is 14.5. The van der Waals surface area contributed by atoms with Gasteiger partial charge in [0.15, 0.2) is 0 Å². The monoisotopic (exact) mass is 278 g/mol. The minimum absolute atomic E-state index is 0.121. The highest BCUT2D eigenvalue weighted by atomic mass is 19.4. The van der Waals surface area contributed by atoms with E-state index in [1.165, 1.54) is 6.08 Å². The predicted molar refractivity (Wildman–Crippen MR) is 71.9 cm³/mol. The topological polar surface area (TPSA) is 29.3 Å². The molecule has 0 unspecified atom stereocenters. The molecular formula is C14H25F3N2. The Morgan fingerprint density at radius 1 is 1.26 bits per heavy atom. The van der Waals surface area contributed by atoms with Gasteiger partial charge in [-0.2, -0.15) is 13.2 Å². The molecule has 0 fully saturated rings. The summed E-state index contributed by atoms with van der Waals surface area (Å²) in [6.45, 7) is 6.88. The van der Waals surface area contributed by atoms with Gasteiger partial charge in [-0.1, -0.05) is 19.9 Å². The van der Waals surface area contributed by atoms with Crippen LogP contribution in [0.4, 0.5) is 13.2 Å². The summed E-state index contributed by atoms with van der Waals surface area (Å²) >= 11 is 0. The van der Waals surface area contributed by atoms with Crippen molar-refractivity contribution in [2.24, 2.45) is 11.1 Å². The summed E-state index contributed by atoms with van der Waals surface area (Å²) in [5.74, 6) is 0. The minimum Gasteiger partial charge on any atom is -0.330 e. The predicted octanol–water partition coefficient (Wildman–Crippen LogP) is 3.34. The van der Waals surface area contributed by atoms with Crippen molar-refractivity contribution >= 4 is 0 Å². The Morgan fingerprint density at radius 3 is 2.42 bits per heavy atom. The van der Waals surface area contributed by atoms with Crippen LogP contribution in [0.25, 0.3) is 0 Å². The van der Waals surface area contributed by atoms with E-state index in [1.807, 2.05) is 0 Å². The summed E-state index contributed by atoms with van der Waals surface area (Å²) in [4.78, 5) is 2.09. The molecule has 0 aromatic carbocycles. The van der Waals surface area contributed by atoms with Gasteiger partial charge in [-0.15, -0.1) is 0 Å². The van der Waals surface area contributed by atoms with Crippen LogP contribution in [0, 0.1) is 5.41 Å². The van der Waals surface area contributed by atoms with Gasteiger partial charge in [0.2, 0.25) is 0 Å². The zero-order valence-corrected chi connectivity index (χ0v) is 11.9. The van der Waals surface area contributed by atoms with Crippen molar-refractivity contribution in [1.29, 1.82) is 0 Å². The Labute approximate surface area is 113 Å². The van der Waals surface area contributed by atoms with Gasteiger partial charge in [0.05, 0.1) is 0 Å². The van der Waals surface area contributed by atoms with Crippen LogP contribution >= 0.6 is 0 Å². The van der Waals surface area contributed by atoms with Crippen molar-refractivity contribution < 1.29 is 13.2 Å². The van der Waals surface area contributed by atoms with Gasteiger partial charge in [0.25, 0.3) is 0 Å². The molecule has 0 amide bonds. The molecule has 0 aliphatic carbocycles. The van der Waals surface area contributed by atoms with Crippen LogP contribution in [0.3, 0.4) is 0 Å². The third-order valence-corrected chi connectivity index (χ3v) is 3.81. The quantitative estimate of drug-likeness (QED) is 0.755. The summed E-state index contributed by atoms with van der Waals surface area (Å²) in [5.41, 5.74) is 5.43. The zero-order valence-electron chi connectivity index (χ0n) is 11.9. The summed E-state index contributed by atoms with van der Waals surface area (Å²) in [5, 5.41) is 0. The number of alkyl halides is 3. The molecule has 1 aliphatic heterocycles. The van der Waals surface area contributed by atoms with Gasteiger partial charge in [-0.3, -0.25) is 4.90 Å². The molecule has 2 N–H and O–H groups in total. The normalized spacial score (nSPS) is 18.5. The third-order valence-electron chi connectivity index (χ3n) is 3.81. The van der Waals surface area contributed by atoms with Crippen LogP contribution in [-0.2, 0) is 0 Å². The molecular weight excluding hydrogens is 253 g/mol. The lowest BCUT2D eigenvalue weighted by Crippen LogP contribution is -2.33. The van der Waals surface area contributed by atoms with E-state index in [4.69, 9.17) is 5.73 Å². The SMILES string of the molecule is CC(C)(CCN)CCCN1CC=C(C(F)(F)F)CC1. The molecule has 0 saturated carbocycles. The van der Waals surface area contributed by atoms with Crippen molar-refractivity contribution in [2.45, 2.75) is 45.7 Å². The van der Waals surface area contributed by atoms with Crippen molar-refractivity contribution in [3.05, 3.63) is 11.6 Å². The molecule has 5 heteroatoms. The Hall–Kier alpha value is -0.550. The molecule has 1 heterocycles. The van der Waals surface area contributed by atoms with Crippen LogP contribution in [0.1, 0.15) is 39.5 Å². The summed E-state index contributed by atoms with van der Waals surface area (Å²) in [7, 11) is 0. The Balaban J connectivity index is 2.29. The van der Waals surface area contributed by atoms with E-state index in [-0.39, 0.29) is 17.4 Å². The second kappa shape index (κ2) is 6.75. The molecule has 0 saturated heterocycles.